The summed E-state index contributed by atoms with van der Waals surface area (Å²) < 4.78 is 16.9. The molecule has 284 valence electrons. The molecule has 0 spiro atoms. The molecule has 0 saturated carbocycles. The Bertz CT molecular complexity index is 1050. The Morgan fingerprint density at radius 1 is 0.600 bits per heavy atom. The van der Waals surface area contributed by atoms with Crippen LogP contribution >= 0.6 is 0 Å². The van der Waals surface area contributed by atoms with Gasteiger partial charge < -0.3 is 28.6 Å². The van der Waals surface area contributed by atoms with E-state index in [1.807, 2.05) is 12.2 Å². The molecule has 50 heavy (non-hydrogen) atoms. The maximum atomic E-state index is 12.5. The Morgan fingerprint density at radius 2 is 1.10 bits per heavy atom. The maximum absolute atomic E-state index is 12.5. The average molecular weight is 700 g/mol. The van der Waals surface area contributed by atoms with Crippen LogP contribution in [0.15, 0.2) is 72.9 Å². The fourth-order valence-electron chi connectivity index (χ4n) is 4.94. The lowest BCUT2D eigenvalue weighted by atomic mass is 10.1. The number of quaternary nitrogens is 1. The molecule has 0 bridgehead atoms. The Balaban J connectivity index is 4.35. The molecule has 0 amide bonds. The van der Waals surface area contributed by atoms with Gasteiger partial charge in [-0.05, 0) is 64.2 Å². The lowest BCUT2D eigenvalue weighted by Crippen LogP contribution is -2.55. The van der Waals surface area contributed by atoms with E-state index in [9.17, 15) is 19.5 Å². The molecular weight excluding hydrogens is 630 g/mol. The number of ether oxygens (including phenoxy) is 3. The number of hydrogen-bond acceptors (Lipinski definition) is 7. The van der Waals surface area contributed by atoms with Crippen molar-refractivity contribution in [1.82, 2.24) is 0 Å². The molecule has 0 aliphatic heterocycles. The van der Waals surface area contributed by atoms with E-state index in [0.717, 1.165) is 70.6 Å². The van der Waals surface area contributed by atoms with Crippen LogP contribution in [0.2, 0.25) is 0 Å². The van der Waals surface area contributed by atoms with Crippen LogP contribution in [-0.2, 0) is 28.6 Å². The molecule has 0 saturated heterocycles. The van der Waals surface area contributed by atoms with Gasteiger partial charge in [-0.2, -0.15) is 0 Å². The first-order valence-electron chi connectivity index (χ1n) is 19.0. The highest BCUT2D eigenvalue weighted by molar-refractivity contribution is 5.70. The molecule has 0 radical (unpaired) electrons. The van der Waals surface area contributed by atoms with Gasteiger partial charge in [-0.3, -0.25) is 9.59 Å². The zero-order valence-electron chi connectivity index (χ0n) is 32.0. The number of aliphatic carboxylic acids is 1. The van der Waals surface area contributed by atoms with E-state index in [4.69, 9.17) is 14.2 Å². The topological polar surface area (TPSA) is 102 Å². The van der Waals surface area contributed by atoms with Gasteiger partial charge in [-0.25, -0.2) is 0 Å². The van der Waals surface area contributed by atoms with Gasteiger partial charge in [0, 0.05) is 19.3 Å². The average Bonchev–Trinajstić information content (AvgIpc) is 3.06. The molecule has 0 fully saturated rings. The summed E-state index contributed by atoms with van der Waals surface area (Å²) in [5.74, 6) is -1.86. The molecular formula is C42H69NO7. The number of allylic oxidation sites excluding steroid dienone is 12. The first kappa shape index (κ1) is 46.8. The number of rotatable bonds is 32. The SMILES string of the molecule is CC/C=C/C/C=C/C/C=C/C/C=C/CCCCCCCCC(=O)OCC(COCCC(C(=O)[O-])[N+](C)(C)C)OC(=O)CC/C=C/C/C=C/CC. The summed E-state index contributed by atoms with van der Waals surface area (Å²) in [5, 5.41) is 11.5. The second-order valence-electron chi connectivity index (χ2n) is 13.4. The first-order valence-corrected chi connectivity index (χ1v) is 19.0. The zero-order chi connectivity index (χ0) is 37.1. The number of esters is 2. The van der Waals surface area contributed by atoms with Crippen LogP contribution in [0, 0.1) is 0 Å². The fraction of sp³-hybridized carbons (Fsp3) is 0.643. The molecule has 0 aliphatic carbocycles. The number of nitrogens with zero attached hydrogens (tertiary/aromatic N) is 1. The van der Waals surface area contributed by atoms with Crippen molar-refractivity contribution in [3.63, 3.8) is 0 Å². The van der Waals surface area contributed by atoms with Gasteiger partial charge in [-0.15, -0.1) is 0 Å². The van der Waals surface area contributed by atoms with E-state index in [-0.39, 0.29) is 43.1 Å². The van der Waals surface area contributed by atoms with Gasteiger partial charge >= 0.3 is 11.9 Å². The van der Waals surface area contributed by atoms with E-state index in [0.29, 0.717) is 12.8 Å². The van der Waals surface area contributed by atoms with Gasteiger partial charge in [0.15, 0.2) is 6.10 Å². The predicted molar refractivity (Wildman–Crippen MR) is 203 cm³/mol. The highest BCUT2D eigenvalue weighted by Gasteiger charge is 2.25. The third-order valence-corrected chi connectivity index (χ3v) is 7.85. The molecule has 0 N–H and O–H groups in total. The smallest absolute Gasteiger partial charge is 0.306 e. The highest BCUT2D eigenvalue weighted by atomic mass is 16.6. The number of hydrogen-bond donors (Lipinski definition) is 0. The predicted octanol–water partition coefficient (Wildman–Crippen LogP) is 8.29. The van der Waals surface area contributed by atoms with E-state index in [1.54, 1.807) is 21.1 Å². The van der Waals surface area contributed by atoms with Crippen LogP contribution in [0.5, 0.6) is 0 Å². The van der Waals surface area contributed by atoms with Crippen LogP contribution in [0.3, 0.4) is 0 Å². The van der Waals surface area contributed by atoms with Gasteiger partial charge in [-0.1, -0.05) is 112 Å². The fourth-order valence-corrected chi connectivity index (χ4v) is 4.94. The van der Waals surface area contributed by atoms with Crippen molar-refractivity contribution in [1.29, 1.82) is 0 Å². The maximum Gasteiger partial charge on any atom is 0.306 e. The molecule has 8 heteroatoms. The lowest BCUT2D eigenvalue weighted by Gasteiger charge is -2.34. The van der Waals surface area contributed by atoms with Crippen LogP contribution in [-0.4, -0.2) is 75.5 Å². The van der Waals surface area contributed by atoms with Gasteiger partial charge in [0.2, 0.25) is 0 Å². The molecule has 0 aromatic carbocycles. The van der Waals surface area contributed by atoms with Crippen molar-refractivity contribution < 1.29 is 38.2 Å². The van der Waals surface area contributed by atoms with Crippen LogP contribution in [0.1, 0.15) is 123 Å². The van der Waals surface area contributed by atoms with Gasteiger partial charge in [0.05, 0.1) is 40.3 Å². The summed E-state index contributed by atoms with van der Waals surface area (Å²) >= 11 is 0. The number of carbonyl (C=O) groups excluding carboxylic acids is 3. The third kappa shape index (κ3) is 30.8. The number of unbranched alkanes of at least 4 members (excludes halogenated alkanes) is 6. The van der Waals surface area contributed by atoms with Crippen molar-refractivity contribution in [3.8, 4) is 0 Å². The Labute approximate surface area is 304 Å². The zero-order valence-corrected chi connectivity index (χ0v) is 32.0. The number of likely N-dealkylation sites (N-methyl/N-ethyl adjacent to an activating group) is 1. The first-order chi connectivity index (χ1) is 24.1. The summed E-state index contributed by atoms with van der Waals surface area (Å²) in [6, 6.07) is -0.738. The minimum Gasteiger partial charge on any atom is -0.544 e. The largest absolute Gasteiger partial charge is 0.544 e. The standard InChI is InChI=1S/C42H69NO7/c1-6-8-10-12-14-15-16-17-18-19-20-21-22-23-24-25-27-28-30-32-40(44)49-37-38(36-48-35-34-39(42(46)47)43(3,4)5)50-41(45)33-31-29-26-13-11-9-7-2/h8-11,14-15,17-18,20-21,26,29,38-39H,6-7,12-13,16,19,22-25,27-28,30-37H2,1-5H3/b10-8+,11-9+,15-14+,18-17+,21-20+,29-26+. The van der Waals surface area contributed by atoms with Crippen molar-refractivity contribution in [2.75, 3.05) is 41.0 Å². The second kappa shape index (κ2) is 32.9. The molecule has 8 nitrogen and oxygen atoms in total. The van der Waals surface area contributed by atoms with E-state index in [1.165, 1.54) is 12.8 Å². The molecule has 0 heterocycles. The summed E-state index contributed by atoms with van der Waals surface area (Å²) in [7, 11) is 5.35. The summed E-state index contributed by atoms with van der Waals surface area (Å²) in [5.41, 5.74) is 0. The summed E-state index contributed by atoms with van der Waals surface area (Å²) in [6.45, 7) is 4.28. The molecule has 2 unspecified atom stereocenters. The highest BCUT2D eigenvalue weighted by Crippen LogP contribution is 2.11. The van der Waals surface area contributed by atoms with Crippen molar-refractivity contribution in [3.05, 3.63) is 72.9 Å². The van der Waals surface area contributed by atoms with E-state index >= 15 is 0 Å². The van der Waals surface area contributed by atoms with Crippen molar-refractivity contribution in [2.24, 2.45) is 0 Å². The minimum atomic E-state index is -1.14. The Kier molecular flexibility index (Phi) is 30.8. The molecule has 0 aromatic heterocycles. The normalized spacial score (nSPS) is 13.9. The Morgan fingerprint density at radius 3 is 1.64 bits per heavy atom. The molecule has 0 aromatic rings. The second-order valence-corrected chi connectivity index (χ2v) is 13.4. The summed E-state index contributed by atoms with van der Waals surface area (Å²) in [6.07, 6.45) is 39.7. The Hall–Kier alpha value is -3.23. The van der Waals surface area contributed by atoms with Gasteiger partial charge in [0.1, 0.15) is 12.6 Å². The monoisotopic (exact) mass is 700 g/mol. The minimum absolute atomic E-state index is 0.00843. The van der Waals surface area contributed by atoms with Crippen molar-refractivity contribution in [2.45, 2.75) is 135 Å². The quantitative estimate of drug-likeness (QED) is 0.0301. The van der Waals surface area contributed by atoms with E-state index in [2.05, 4.69) is 74.6 Å². The number of carbonyl (C=O) groups is 3. The molecule has 0 rings (SSSR count). The van der Waals surface area contributed by atoms with Gasteiger partial charge in [0.25, 0.3) is 0 Å². The molecule has 2 atom stereocenters. The number of carboxylic acid groups (broad SMARTS) is 1. The summed E-state index contributed by atoms with van der Waals surface area (Å²) in [4.78, 5) is 36.5. The third-order valence-electron chi connectivity index (χ3n) is 7.85. The lowest BCUT2D eigenvalue weighted by molar-refractivity contribution is -0.889. The van der Waals surface area contributed by atoms with Crippen LogP contribution in [0.25, 0.3) is 0 Å². The van der Waals surface area contributed by atoms with Crippen LogP contribution in [0.4, 0.5) is 0 Å². The van der Waals surface area contributed by atoms with Crippen molar-refractivity contribution >= 4 is 17.9 Å². The van der Waals surface area contributed by atoms with Crippen LogP contribution < -0.4 is 5.11 Å². The molecule has 0 aliphatic rings. The number of carboxylic acids is 1. The van der Waals surface area contributed by atoms with E-state index < -0.39 is 24.1 Å².